The van der Waals surface area contributed by atoms with E-state index in [1.807, 2.05) is 73.7 Å². The smallest absolute Gasteiger partial charge is 0.242 e. The van der Waals surface area contributed by atoms with Crippen LogP contribution in [0.1, 0.15) is 22.3 Å². The number of nitrogens with zero attached hydrogens (tertiary/aromatic N) is 1. The fourth-order valence-corrected chi connectivity index (χ4v) is 4.58. The SMILES string of the molecule is Cc1cc(NCC(=O)N(Cc2ccccc2)Cc2ccccc2)c(C)c(S(C)(=O)=O)c1. The Kier molecular flexibility index (Phi) is 7.13. The third-order valence-corrected chi connectivity index (χ3v) is 6.34. The van der Waals surface area contributed by atoms with Crippen molar-refractivity contribution in [2.75, 3.05) is 18.1 Å². The number of amides is 1. The van der Waals surface area contributed by atoms with Crippen LogP contribution >= 0.6 is 0 Å². The van der Waals surface area contributed by atoms with Crippen molar-refractivity contribution in [1.29, 1.82) is 0 Å². The average Bonchev–Trinajstić information content (AvgIpc) is 2.74. The monoisotopic (exact) mass is 436 g/mol. The second kappa shape index (κ2) is 9.79. The Labute approximate surface area is 184 Å². The lowest BCUT2D eigenvalue weighted by Gasteiger charge is -2.24. The number of rotatable bonds is 8. The zero-order valence-electron chi connectivity index (χ0n) is 18.1. The van der Waals surface area contributed by atoms with E-state index < -0.39 is 9.84 Å². The van der Waals surface area contributed by atoms with Gasteiger partial charge in [-0.15, -0.1) is 0 Å². The van der Waals surface area contributed by atoms with Crippen LogP contribution in [-0.4, -0.2) is 32.0 Å². The van der Waals surface area contributed by atoms with Gasteiger partial charge in [0.25, 0.3) is 0 Å². The van der Waals surface area contributed by atoms with Crippen LogP contribution in [0.5, 0.6) is 0 Å². The number of aryl methyl sites for hydroxylation is 1. The van der Waals surface area contributed by atoms with Gasteiger partial charge in [0.05, 0.1) is 11.4 Å². The van der Waals surface area contributed by atoms with E-state index in [1.54, 1.807) is 17.9 Å². The summed E-state index contributed by atoms with van der Waals surface area (Å²) in [7, 11) is -3.35. The second-order valence-electron chi connectivity index (χ2n) is 7.78. The Morgan fingerprint density at radius 2 is 1.39 bits per heavy atom. The maximum Gasteiger partial charge on any atom is 0.242 e. The fourth-order valence-electron chi connectivity index (χ4n) is 3.52. The maximum atomic E-state index is 13.1. The van der Waals surface area contributed by atoms with Gasteiger partial charge in [0, 0.05) is 25.0 Å². The van der Waals surface area contributed by atoms with Crippen molar-refractivity contribution in [3.8, 4) is 0 Å². The summed E-state index contributed by atoms with van der Waals surface area (Å²) in [6.45, 7) is 4.68. The van der Waals surface area contributed by atoms with Gasteiger partial charge in [0.2, 0.25) is 5.91 Å². The summed E-state index contributed by atoms with van der Waals surface area (Å²) in [6, 6.07) is 23.3. The first-order valence-electron chi connectivity index (χ1n) is 10.1. The molecule has 0 saturated carbocycles. The molecule has 5 nitrogen and oxygen atoms in total. The van der Waals surface area contributed by atoms with Gasteiger partial charge in [-0.25, -0.2) is 8.42 Å². The molecular formula is C25H28N2O3S. The predicted octanol–water partition coefficient (Wildman–Crippen LogP) is 4.35. The lowest BCUT2D eigenvalue weighted by atomic mass is 10.1. The lowest BCUT2D eigenvalue weighted by Crippen LogP contribution is -2.34. The van der Waals surface area contributed by atoms with Crippen molar-refractivity contribution in [3.05, 3.63) is 95.1 Å². The Hall–Kier alpha value is -3.12. The normalized spacial score (nSPS) is 11.2. The van der Waals surface area contributed by atoms with Crippen molar-refractivity contribution >= 4 is 21.4 Å². The Bertz CT molecular complexity index is 1100. The van der Waals surface area contributed by atoms with Gasteiger partial charge in [-0.2, -0.15) is 0 Å². The van der Waals surface area contributed by atoms with Gasteiger partial charge in [-0.1, -0.05) is 60.7 Å². The van der Waals surface area contributed by atoms with Crippen molar-refractivity contribution in [3.63, 3.8) is 0 Å². The van der Waals surface area contributed by atoms with Crippen LogP contribution in [0.25, 0.3) is 0 Å². The third kappa shape index (κ3) is 6.18. The minimum absolute atomic E-state index is 0.0606. The number of carbonyl (C=O) groups excluding carboxylic acids is 1. The van der Waals surface area contributed by atoms with Crippen LogP contribution < -0.4 is 5.32 Å². The average molecular weight is 437 g/mol. The van der Waals surface area contributed by atoms with Gasteiger partial charge >= 0.3 is 0 Å². The summed E-state index contributed by atoms with van der Waals surface area (Å²) in [4.78, 5) is 15.2. The zero-order chi connectivity index (χ0) is 22.4. The molecule has 0 aromatic heterocycles. The number of sulfone groups is 1. The summed E-state index contributed by atoms with van der Waals surface area (Å²) >= 11 is 0. The molecule has 0 spiro atoms. The molecular weight excluding hydrogens is 408 g/mol. The molecule has 1 amide bonds. The van der Waals surface area contributed by atoms with E-state index in [-0.39, 0.29) is 17.3 Å². The minimum atomic E-state index is -3.35. The first-order valence-corrected chi connectivity index (χ1v) is 12.0. The van der Waals surface area contributed by atoms with E-state index in [0.29, 0.717) is 24.3 Å². The van der Waals surface area contributed by atoms with E-state index >= 15 is 0 Å². The van der Waals surface area contributed by atoms with E-state index in [4.69, 9.17) is 0 Å². The highest BCUT2D eigenvalue weighted by molar-refractivity contribution is 7.90. The topological polar surface area (TPSA) is 66.5 Å². The zero-order valence-corrected chi connectivity index (χ0v) is 18.9. The minimum Gasteiger partial charge on any atom is -0.376 e. The molecule has 0 radical (unpaired) electrons. The van der Waals surface area contributed by atoms with Crippen LogP contribution in [0.2, 0.25) is 0 Å². The number of carbonyl (C=O) groups is 1. The van der Waals surface area contributed by atoms with Gasteiger partial charge in [-0.3, -0.25) is 4.79 Å². The highest BCUT2D eigenvalue weighted by Crippen LogP contribution is 2.25. The molecule has 6 heteroatoms. The molecule has 3 aromatic carbocycles. The number of anilines is 1. The number of hydrogen-bond acceptors (Lipinski definition) is 4. The van der Waals surface area contributed by atoms with Crippen LogP contribution in [-0.2, 0) is 27.7 Å². The molecule has 3 rings (SSSR count). The summed E-state index contributed by atoms with van der Waals surface area (Å²) < 4.78 is 24.2. The molecule has 0 fully saturated rings. The van der Waals surface area contributed by atoms with E-state index in [0.717, 1.165) is 16.7 Å². The van der Waals surface area contributed by atoms with Crippen molar-refractivity contribution in [2.24, 2.45) is 0 Å². The third-order valence-electron chi connectivity index (χ3n) is 5.12. The molecule has 0 atom stereocenters. The van der Waals surface area contributed by atoms with E-state index in [9.17, 15) is 13.2 Å². The summed E-state index contributed by atoms with van der Waals surface area (Å²) in [5.74, 6) is -0.0606. The van der Waals surface area contributed by atoms with E-state index in [2.05, 4.69) is 5.32 Å². The van der Waals surface area contributed by atoms with Gasteiger partial charge in [0.15, 0.2) is 9.84 Å². The molecule has 31 heavy (non-hydrogen) atoms. The molecule has 0 aliphatic heterocycles. The Morgan fingerprint density at radius 3 is 1.87 bits per heavy atom. The largest absolute Gasteiger partial charge is 0.376 e. The van der Waals surface area contributed by atoms with Crippen LogP contribution in [0.4, 0.5) is 5.69 Å². The molecule has 0 unspecified atom stereocenters. The number of nitrogens with one attached hydrogen (secondary N) is 1. The number of benzene rings is 3. The molecule has 0 aliphatic carbocycles. The molecule has 3 aromatic rings. The lowest BCUT2D eigenvalue weighted by molar-refractivity contribution is -0.130. The van der Waals surface area contributed by atoms with Crippen molar-refractivity contribution in [2.45, 2.75) is 31.8 Å². The van der Waals surface area contributed by atoms with Gasteiger partial charge in [-0.05, 0) is 48.2 Å². The highest BCUT2D eigenvalue weighted by Gasteiger charge is 2.18. The first-order chi connectivity index (χ1) is 14.7. The quantitative estimate of drug-likeness (QED) is 0.570. The van der Waals surface area contributed by atoms with Gasteiger partial charge in [0.1, 0.15) is 0 Å². The maximum absolute atomic E-state index is 13.1. The van der Waals surface area contributed by atoms with Crippen molar-refractivity contribution in [1.82, 2.24) is 4.90 Å². The molecule has 0 aliphatic rings. The summed E-state index contributed by atoms with van der Waals surface area (Å²) in [6.07, 6.45) is 1.20. The fraction of sp³-hybridized carbons (Fsp3) is 0.240. The highest BCUT2D eigenvalue weighted by atomic mass is 32.2. The Balaban J connectivity index is 1.80. The molecule has 0 saturated heterocycles. The molecule has 0 bridgehead atoms. The molecule has 162 valence electrons. The molecule has 0 heterocycles. The standard InChI is InChI=1S/C25H28N2O3S/c1-19-14-23(20(2)24(15-19)31(3,29)30)26-16-25(28)27(17-21-10-6-4-7-11-21)18-22-12-8-5-9-13-22/h4-15,26H,16-18H2,1-3H3. The summed E-state index contributed by atoms with van der Waals surface area (Å²) in [5, 5.41) is 3.16. The first kappa shape index (κ1) is 22.6. The summed E-state index contributed by atoms with van der Waals surface area (Å²) in [5.41, 5.74) is 4.22. The van der Waals surface area contributed by atoms with E-state index in [1.165, 1.54) is 6.26 Å². The Morgan fingerprint density at radius 1 is 0.871 bits per heavy atom. The molecule has 1 N–H and O–H groups in total. The number of hydrogen-bond donors (Lipinski definition) is 1. The van der Waals surface area contributed by atoms with Gasteiger partial charge < -0.3 is 10.2 Å². The van der Waals surface area contributed by atoms with Crippen LogP contribution in [0.3, 0.4) is 0 Å². The van der Waals surface area contributed by atoms with Crippen molar-refractivity contribution < 1.29 is 13.2 Å². The second-order valence-corrected chi connectivity index (χ2v) is 9.77. The predicted molar refractivity (Wildman–Crippen MR) is 125 cm³/mol. The van der Waals surface area contributed by atoms with Crippen LogP contribution in [0.15, 0.2) is 77.7 Å². The van der Waals surface area contributed by atoms with Crippen LogP contribution in [0, 0.1) is 13.8 Å².